The number of morpholine rings is 1. The summed E-state index contributed by atoms with van der Waals surface area (Å²) in [5, 5.41) is 3.99. The molecule has 1 amide bonds. The van der Waals surface area contributed by atoms with Crippen molar-refractivity contribution in [1.29, 1.82) is 0 Å². The number of rotatable bonds is 4. The van der Waals surface area contributed by atoms with E-state index in [9.17, 15) is 9.59 Å². The predicted molar refractivity (Wildman–Crippen MR) is 65.6 cm³/mol. The van der Waals surface area contributed by atoms with Crippen LogP contribution in [0.5, 0.6) is 0 Å². The Labute approximate surface area is 111 Å². The highest BCUT2D eigenvalue weighted by Gasteiger charge is 2.18. The van der Waals surface area contributed by atoms with Gasteiger partial charge in [0, 0.05) is 19.3 Å². The summed E-state index contributed by atoms with van der Waals surface area (Å²) in [4.78, 5) is 25.2. The van der Waals surface area contributed by atoms with Crippen LogP contribution in [-0.4, -0.2) is 59.5 Å². The first-order valence-corrected chi connectivity index (χ1v) is 6.26. The number of aromatic nitrogens is 2. The van der Waals surface area contributed by atoms with Gasteiger partial charge >= 0.3 is 5.97 Å². The Morgan fingerprint density at radius 2 is 2.16 bits per heavy atom. The largest absolute Gasteiger partial charge is 0.462 e. The van der Waals surface area contributed by atoms with Gasteiger partial charge in [-0.15, -0.1) is 0 Å². The van der Waals surface area contributed by atoms with E-state index in [-0.39, 0.29) is 12.5 Å². The average molecular weight is 267 g/mol. The number of carbonyl (C=O) groups is 2. The number of nitrogens with zero attached hydrogens (tertiary/aromatic N) is 3. The summed E-state index contributed by atoms with van der Waals surface area (Å²) in [5.41, 5.74) is 0.358. The topological polar surface area (TPSA) is 73.7 Å². The van der Waals surface area contributed by atoms with Gasteiger partial charge in [-0.05, 0) is 6.92 Å². The quantitative estimate of drug-likeness (QED) is 0.713. The normalized spacial score (nSPS) is 15.3. The molecule has 0 unspecified atom stereocenters. The Morgan fingerprint density at radius 3 is 2.84 bits per heavy atom. The van der Waals surface area contributed by atoms with Crippen molar-refractivity contribution in [1.82, 2.24) is 14.7 Å². The van der Waals surface area contributed by atoms with E-state index in [1.54, 1.807) is 11.8 Å². The van der Waals surface area contributed by atoms with Gasteiger partial charge in [0.15, 0.2) is 0 Å². The van der Waals surface area contributed by atoms with Crippen molar-refractivity contribution >= 4 is 11.9 Å². The number of hydrogen-bond donors (Lipinski definition) is 0. The Kier molecular flexibility index (Phi) is 4.51. The van der Waals surface area contributed by atoms with E-state index < -0.39 is 5.97 Å². The van der Waals surface area contributed by atoms with E-state index in [1.807, 2.05) is 0 Å². The molecule has 0 saturated carbocycles. The molecule has 1 aliphatic rings. The summed E-state index contributed by atoms with van der Waals surface area (Å²) < 4.78 is 11.5. The zero-order valence-electron chi connectivity index (χ0n) is 10.9. The van der Waals surface area contributed by atoms with Crippen LogP contribution in [0, 0.1) is 0 Å². The molecule has 7 nitrogen and oxygen atoms in total. The third-order valence-corrected chi connectivity index (χ3v) is 2.81. The monoisotopic (exact) mass is 267 g/mol. The molecule has 0 N–H and O–H groups in total. The summed E-state index contributed by atoms with van der Waals surface area (Å²) in [6, 6.07) is 0. The van der Waals surface area contributed by atoms with Crippen molar-refractivity contribution in [3.05, 3.63) is 18.0 Å². The van der Waals surface area contributed by atoms with Crippen LogP contribution in [0.4, 0.5) is 0 Å². The Hall–Kier alpha value is -1.89. The lowest BCUT2D eigenvalue weighted by atomic mass is 10.3. The molecular weight excluding hydrogens is 250 g/mol. The SMILES string of the molecule is CCOC(=O)c1cnn(CC(=O)N2CCOCC2)c1. The zero-order chi connectivity index (χ0) is 13.7. The van der Waals surface area contributed by atoms with Gasteiger partial charge in [0.25, 0.3) is 0 Å². The lowest BCUT2D eigenvalue weighted by Crippen LogP contribution is -2.42. The minimum absolute atomic E-state index is 0.0261. The average Bonchev–Trinajstić information content (AvgIpc) is 2.88. The van der Waals surface area contributed by atoms with Gasteiger partial charge in [0.2, 0.25) is 5.91 Å². The number of ether oxygens (including phenoxy) is 2. The zero-order valence-corrected chi connectivity index (χ0v) is 10.9. The van der Waals surface area contributed by atoms with Crippen LogP contribution < -0.4 is 0 Å². The van der Waals surface area contributed by atoms with Crippen molar-refractivity contribution in [2.75, 3.05) is 32.9 Å². The molecule has 0 atom stereocenters. The van der Waals surface area contributed by atoms with Crippen LogP contribution in [0.3, 0.4) is 0 Å². The second-order valence-corrected chi connectivity index (χ2v) is 4.14. The fourth-order valence-corrected chi connectivity index (χ4v) is 1.82. The molecule has 0 spiro atoms. The van der Waals surface area contributed by atoms with Gasteiger partial charge in [0.05, 0.1) is 31.6 Å². The minimum atomic E-state index is -0.424. The van der Waals surface area contributed by atoms with E-state index in [1.165, 1.54) is 17.1 Å². The van der Waals surface area contributed by atoms with Gasteiger partial charge in [-0.2, -0.15) is 5.10 Å². The van der Waals surface area contributed by atoms with Gasteiger partial charge in [0.1, 0.15) is 6.54 Å². The second kappa shape index (κ2) is 6.33. The summed E-state index contributed by atoms with van der Waals surface area (Å²) in [5.74, 6) is -0.450. The predicted octanol–water partition coefficient (Wildman–Crippen LogP) is -0.0814. The van der Waals surface area contributed by atoms with Gasteiger partial charge in [-0.3, -0.25) is 9.48 Å². The molecule has 1 fully saturated rings. The standard InChI is InChI=1S/C12H17N3O4/c1-2-19-12(17)10-7-13-15(8-10)9-11(16)14-3-5-18-6-4-14/h7-8H,2-6,9H2,1H3. The molecule has 104 valence electrons. The molecule has 0 aliphatic carbocycles. The van der Waals surface area contributed by atoms with Crippen LogP contribution in [-0.2, 0) is 20.8 Å². The van der Waals surface area contributed by atoms with Crippen LogP contribution in [0.1, 0.15) is 17.3 Å². The van der Waals surface area contributed by atoms with Crippen molar-refractivity contribution in [3.8, 4) is 0 Å². The van der Waals surface area contributed by atoms with E-state index in [0.29, 0.717) is 38.5 Å². The molecule has 7 heteroatoms. The third kappa shape index (κ3) is 3.54. The molecule has 19 heavy (non-hydrogen) atoms. The van der Waals surface area contributed by atoms with Crippen molar-refractivity contribution < 1.29 is 19.1 Å². The maximum atomic E-state index is 12.0. The molecule has 1 aromatic rings. The molecule has 0 bridgehead atoms. The fraction of sp³-hybridized carbons (Fsp3) is 0.583. The van der Waals surface area contributed by atoms with Crippen LogP contribution in [0.2, 0.25) is 0 Å². The lowest BCUT2D eigenvalue weighted by molar-refractivity contribution is -0.136. The van der Waals surface area contributed by atoms with E-state index >= 15 is 0 Å². The first-order valence-electron chi connectivity index (χ1n) is 6.26. The number of amides is 1. The molecule has 1 aliphatic heterocycles. The van der Waals surface area contributed by atoms with Crippen LogP contribution >= 0.6 is 0 Å². The summed E-state index contributed by atoms with van der Waals surface area (Å²) in [6.45, 7) is 4.52. The maximum absolute atomic E-state index is 12.0. The van der Waals surface area contributed by atoms with E-state index in [4.69, 9.17) is 9.47 Å². The number of hydrogen-bond acceptors (Lipinski definition) is 5. The highest BCUT2D eigenvalue weighted by Crippen LogP contribution is 2.03. The Bertz CT molecular complexity index is 452. The summed E-state index contributed by atoms with van der Waals surface area (Å²) >= 11 is 0. The van der Waals surface area contributed by atoms with Crippen LogP contribution in [0.25, 0.3) is 0 Å². The molecule has 0 radical (unpaired) electrons. The van der Waals surface area contributed by atoms with Gasteiger partial charge in [-0.25, -0.2) is 4.79 Å². The maximum Gasteiger partial charge on any atom is 0.341 e. The molecule has 2 heterocycles. The van der Waals surface area contributed by atoms with Crippen LogP contribution in [0.15, 0.2) is 12.4 Å². The third-order valence-electron chi connectivity index (χ3n) is 2.81. The highest BCUT2D eigenvalue weighted by atomic mass is 16.5. The second-order valence-electron chi connectivity index (χ2n) is 4.14. The molecular formula is C12H17N3O4. The fourth-order valence-electron chi connectivity index (χ4n) is 1.82. The smallest absolute Gasteiger partial charge is 0.341 e. The number of carbonyl (C=O) groups excluding carboxylic acids is 2. The first kappa shape index (κ1) is 13.5. The molecule has 0 aromatic carbocycles. The molecule has 1 aromatic heterocycles. The summed E-state index contributed by atoms with van der Waals surface area (Å²) in [6.07, 6.45) is 2.93. The molecule has 2 rings (SSSR count). The van der Waals surface area contributed by atoms with Crippen molar-refractivity contribution in [3.63, 3.8) is 0 Å². The van der Waals surface area contributed by atoms with E-state index in [0.717, 1.165) is 0 Å². The molecule has 1 saturated heterocycles. The minimum Gasteiger partial charge on any atom is -0.462 e. The van der Waals surface area contributed by atoms with Crippen molar-refractivity contribution in [2.24, 2.45) is 0 Å². The number of esters is 1. The van der Waals surface area contributed by atoms with E-state index in [2.05, 4.69) is 5.10 Å². The highest BCUT2D eigenvalue weighted by molar-refractivity contribution is 5.88. The first-order chi connectivity index (χ1) is 9.20. The Morgan fingerprint density at radius 1 is 1.42 bits per heavy atom. The summed E-state index contributed by atoms with van der Waals surface area (Å²) in [7, 11) is 0. The van der Waals surface area contributed by atoms with Gasteiger partial charge in [-0.1, -0.05) is 0 Å². The lowest BCUT2D eigenvalue weighted by Gasteiger charge is -2.26. The van der Waals surface area contributed by atoms with Crippen molar-refractivity contribution in [2.45, 2.75) is 13.5 Å². The Balaban J connectivity index is 1.92. The van der Waals surface area contributed by atoms with Gasteiger partial charge < -0.3 is 14.4 Å².